The van der Waals surface area contributed by atoms with Gasteiger partial charge in [-0.1, -0.05) is 65.9 Å². The average molecular weight is 559 g/mol. The van der Waals surface area contributed by atoms with E-state index in [2.05, 4.69) is 0 Å². The molecule has 4 aromatic rings. The molecule has 0 amide bonds. The molecule has 192 valence electrons. The summed E-state index contributed by atoms with van der Waals surface area (Å²) in [6.07, 6.45) is 5.93. The standard InChI is InChI=1S/C30H26N2O3S3/c1-19-26(29(34)35-18-21-7-5-4-6-8-21)27(22-11-15-24(37-3)16-12-22)32-28(33)25(38-30(32)31-19)17-20-9-13-23(36-2)14-10-20/h4-17,27H,18H2,1-3H3/b25-17+. The number of esters is 1. The van der Waals surface area contributed by atoms with Crippen molar-refractivity contribution in [2.75, 3.05) is 12.5 Å². The van der Waals surface area contributed by atoms with Crippen molar-refractivity contribution in [3.05, 3.63) is 127 Å². The van der Waals surface area contributed by atoms with Crippen LogP contribution in [0.4, 0.5) is 0 Å². The van der Waals surface area contributed by atoms with Crippen LogP contribution in [0.1, 0.15) is 29.7 Å². The molecule has 3 aromatic carbocycles. The lowest BCUT2D eigenvalue weighted by Gasteiger charge is -2.25. The van der Waals surface area contributed by atoms with Gasteiger partial charge in [-0.25, -0.2) is 9.79 Å². The van der Waals surface area contributed by atoms with Crippen molar-refractivity contribution in [3.8, 4) is 0 Å². The van der Waals surface area contributed by atoms with Crippen molar-refractivity contribution < 1.29 is 9.53 Å². The molecule has 38 heavy (non-hydrogen) atoms. The molecule has 0 radical (unpaired) electrons. The summed E-state index contributed by atoms with van der Waals surface area (Å²) in [7, 11) is 0. The van der Waals surface area contributed by atoms with E-state index < -0.39 is 12.0 Å². The summed E-state index contributed by atoms with van der Waals surface area (Å²) in [5.74, 6) is -0.476. The highest BCUT2D eigenvalue weighted by molar-refractivity contribution is 7.98. The first-order valence-corrected chi connectivity index (χ1v) is 15.3. The molecule has 1 unspecified atom stereocenters. The van der Waals surface area contributed by atoms with Gasteiger partial charge >= 0.3 is 5.97 Å². The van der Waals surface area contributed by atoms with E-state index in [9.17, 15) is 9.59 Å². The molecule has 5 rings (SSSR count). The lowest BCUT2D eigenvalue weighted by molar-refractivity contribution is -0.140. The second-order valence-corrected chi connectivity index (χ2v) is 11.5. The molecule has 1 aliphatic heterocycles. The van der Waals surface area contributed by atoms with Crippen molar-refractivity contribution in [1.82, 2.24) is 4.57 Å². The van der Waals surface area contributed by atoms with Gasteiger partial charge in [0.1, 0.15) is 6.61 Å². The Morgan fingerprint density at radius 1 is 0.974 bits per heavy atom. The Hall–Kier alpha value is -3.33. The number of carbonyl (C=O) groups is 1. The normalized spacial score (nSPS) is 15.2. The van der Waals surface area contributed by atoms with Gasteiger partial charge in [-0.3, -0.25) is 9.36 Å². The number of nitrogens with zero attached hydrogens (tertiary/aromatic N) is 2. The minimum atomic E-state index is -0.633. The van der Waals surface area contributed by atoms with Gasteiger partial charge in [0.05, 0.1) is 21.8 Å². The van der Waals surface area contributed by atoms with Gasteiger partial charge in [0.25, 0.3) is 5.56 Å². The SMILES string of the molecule is CSc1ccc(/C=c2/sc3n(c2=O)C(c2ccc(SC)cc2)C(C(=O)OCc2ccccc2)=C(C)N=3)cc1. The zero-order chi connectivity index (χ0) is 26.6. The second kappa shape index (κ2) is 11.6. The minimum Gasteiger partial charge on any atom is -0.457 e. The van der Waals surface area contributed by atoms with E-state index in [4.69, 9.17) is 9.73 Å². The maximum atomic E-state index is 13.8. The van der Waals surface area contributed by atoms with Crippen LogP contribution in [0, 0.1) is 0 Å². The van der Waals surface area contributed by atoms with E-state index in [0.29, 0.717) is 20.6 Å². The molecule has 2 heterocycles. The number of carbonyl (C=O) groups excluding carboxylic acids is 1. The van der Waals surface area contributed by atoms with E-state index in [1.165, 1.54) is 11.3 Å². The zero-order valence-electron chi connectivity index (χ0n) is 21.2. The van der Waals surface area contributed by atoms with Crippen molar-refractivity contribution in [3.63, 3.8) is 0 Å². The lowest BCUT2D eigenvalue weighted by atomic mass is 9.96. The third-order valence-electron chi connectivity index (χ3n) is 6.30. The van der Waals surface area contributed by atoms with Gasteiger partial charge in [0.2, 0.25) is 0 Å². The van der Waals surface area contributed by atoms with Crippen molar-refractivity contribution in [2.24, 2.45) is 4.99 Å². The molecule has 0 saturated heterocycles. The first kappa shape index (κ1) is 26.3. The highest BCUT2D eigenvalue weighted by Gasteiger charge is 2.33. The van der Waals surface area contributed by atoms with Crippen LogP contribution in [0.25, 0.3) is 6.08 Å². The third kappa shape index (κ3) is 5.43. The highest BCUT2D eigenvalue weighted by Crippen LogP contribution is 2.32. The number of fused-ring (bicyclic) bond motifs is 1. The van der Waals surface area contributed by atoms with Gasteiger partial charge in [0.15, 0.2) is 4.80 Å². The molecule has 1 aliphatic rings. The van der Waals surface area contributed by atoms with E-state index in [1.807, 2.05) is 97.5 Å². The molecule has 0 N–H and O–H groups in total. The number of thioether (sulfide) groups is 2. The number of aromatic nitrogens is 1. The minimum absolute atomic E-state index is 0.144. The second-order valence-electron chi connectivity index (χ2n) is 8.69. The maximum absolute atomic E-state index is 13.8. The van der Waals surface area contributed by atoms with Crippen LogP contribution in [-0.2, 0) is 16.1 Å². The van der Waals surface area contributed by atoms with Crippen LogP contribution in [0.3, 0.4) is 0 Å². The predicted octanol–water partition coefficient (Wildman–Crippen LogP) is 5.42. The quantitative estimate of drug-likeness (QED) is 0.224. The van der Waals surface area contributed by atoms with Gasteiger partial charge in [0, 0.05) is 9.79 Å². The third-order valence-corrected chi connectivity index (χ3v) is 8.77. The van der Waals surface area contributed by atoms with Crippen LogP contribution >= 0.6 is 34.9 Å². The average Bonchev–Trinajstić information content (AvgIpc) is 3.26. The Morgan fingerprint density at radius 2 is 1.61 bits per heavy atom. The summed E-state index contributed by atoms with van der Waals surface area (Å²) in [5, 5.41) is 0. The molecular weight excluding hydrogens is 533 g/mol. The Bertz CT molecular complexity index is 1670. The Labute approximate surface area is 233 Å². The fraction of sp³-hybridized carbons (Fsp3) is 0.167. The fourth-order valence-corrected chi connectivity index (χ4v) is 6.20. The number of ether oxygens (including phenoxy) is 1. The first-order chi connectivity index (χ1) is 18.5. The summed E-state index contributed by atoms with van der Waals surface area (Å²) in [6, 6.07) is 24.9. The molecule has 8 heteroatoms. The molecule has 0 fully saturated rings. The Balaban J connectivity index is 1.60. The van der Waals surface area contributed by atoms with E-state index in [0.717, 1.165) is 26.5 Å². The number of hydrogen-bond donors (Lipinski definition) is 0. The summed E-state index contributed by atoms with van der Waals surface area (Å²) >= 11 is 4.64. The van der Waals surface area contributed by atoms with Gasteiger partial charge in [-0.15, -0.1) is 23.5 Å². The van der Waals surface area contributed by atoms with Gasteiger partial charge < -0.3 is 4.74 Å². The Morgan fingerprint density at radius 3 is 2.24 bits per heavy atom. The van der Waals surface area contributed by atoms with Crippen LogP contribution < -0.4 is 14.9 Å². The molecule has 0 spiro atoms. The topological polar surface area (TPSA) is 60.7 Å². The monoisotopic (exact) mass is 558 g/mol. The summed E-state index contributed by atoms with van der Waals surface area (Å²) in [5.41, 5.74) is 3.42. The van der Waals surface area contributed by atoms with Crippen LogP contribution in [0.5, 0.6) is 0 Å². The highest BCUT2D eigenvalue weighted by atomic mass is 32.2. The molecule has 1 aromatic heterocycles. The van der Waals surface area contributed by atoms with Crippen LogP contribution in [0.2, 0.25) is 0 Å². The van der Waals surface area contributed by atoms with E-state index >= 15 is 0 Å². The predicted molar refractivity (Wildman–Crippen MR) is 156 cm³/mol. The van der Waals surface area contributed by atoms with E-state index in [1.54, 1.807) is 35.0 Å². The summed E-state index contributed by atoms with van der Waals surface area (Å²) in [4.78, 5) is 34.8. The number of thiazole rings is 1. The lowest BCUT2D eigenvalue weighted by Crippen LogP contribution is -2.39. The van der Waals surface area contributed by atoms with Gasteiger partial charge in [-0.05, 0) is 66.5 Å². The van der Waals surface area contributed by atoms with Gasteiger partial charge in [-0.2, -0.15) is 0 Å². The molecule has 5 nitrogen and oxygen atoms in total. The first-order valence-electron chi connectivity index (χ1n) is 12.0. The molecule has 1 atom stereocenters. The zero-order valence-corrected chi connectivity index (χ0v) is 23.7. The van der Waals surface area contributed by atoms with Crippen molar-refractivity contribution >= 4 is 46.9 Å². The number of allylic oxidation sites excluding steroid dienone is 1. The number of hydrogen-bond acceptors (Lipinski definition) is 7. The van der Waals surface area contributed by atoms with Crippen LogP contribution in [0.15, 0.2) is 110 Å². The summed E-state index contributed by atoms with van der Waals surface area (Å²) < 4.78 is 7.93. The van der Waals surface area contributed by atoms with Crippen molar-refractivity contribution in [1.29, 1.82) is 0 Å². The maximum Gasteiger partial charge on any atom is 0.338 e. The molecular formula is C30H26N2O3S3. The fourth-order valence-electron chi connectivity index (χ4n) is 4.34. The van der Waals surface area contributed by atoms with Crippen molar-refractivity contribution in [2.45, 2.75) is 29.4 Å². The summed E-state index contributed by atoms with van der Waals surface area (Å²) in [6.45, 7) is 1.95. The van der Waals surface area contributed by atoms with E-state index in [-0.39, 0.29) is 12.2 Å². The Kier molecular flexibility index (Phi) is 8.02. The molecule has 0 bridgehead atoms. The molecule has 0 saturated carbocycles. The number of rotatable bonds is 7. The molecule has 0 aliphatic carbocycles. The number of benzene rings is 3. The van der Waals surface area contributed by atoms with Crippen LogP contribution in [-0.4, -0.2) is 23.0 Å². The largest absolute Gasteiger partial charge is 0.457 e. The smallest absolute Gasteiger partial charge is 0.338 e.